The van der Waals surface area contributed by atoms with Crippen molar-refractivity contribution in [2.75, 3.05) is 24.7 Å². The summed E-state index contributed by atoms with van der Waals surface area (Å²) in [5.41, 5.74) is 5.19. The number of nitrogens with one attached hydrogen (secondary N) is 1. The van der Waals surface area contributed by atoms with Crippen LogP contribution in [0.5, 0.6) is 5.75 Å². The van der Waals surface area contributed by atoms with Crippen LogP contribution in [0.3, 0.4) is 0 Å². The highest BCUT2D eigenvalue weighted by molar-refractivity contribution is 5.94. The molecule has 1 aliphatic carbocycles. The number of esters is 1. The number of phenolic OH excluding ortho intramolecular Hbond substituents is 1. The van der Waals surface area contributed by atoms with Gasteiger partial charge < -0.3 is 24.6 Å². The lowest BCUT2D eigenvalue weighted by Crippen LogP contribution is -2.44. The number of anilines is 1. The van der Waals surface area contributed by atoms with E-state index in [9.17, 15) is 19.5 Å². The monoisotopic (exact) mass is 554 g/mol. The van der Waals surface area contributed by atoms with Crippen LogP contribution in [0.1, 0.15) is 35.6 Å². The number of carbonyl (C=O) groups is 3. The molecule has 2 N–H and O–H groups in total. The number of aromatic hydroxyl groups is 1. The van der Waals surface area contributed by atoms with Crippen LogP contribution in [0.25, 0.3) is 11.1 Å². The van der Waals surface area contributed by atoms with Gasteiger partial charge in [0.15, 0.2) is 0 Å². The van der Waals surface area contributed by atoms with Crippen molar-refractivity contribution in [2.45, 2.75) is 24.9 Å². The first-order valence-electron chi connectivity index (χ1n) is 13.3. The van der Waals surface area contributed by atoms with Gasteiger partial charge in [-0.05, 0) is 47.4 Å². The van der Waals surface area contributed by atoms with Crippen molar-refractivity contribution in [2.24, 2.45) is 0 Å². The van der Waals surface area contributed by atoms with Gasteiger partial charge in [0.05, 0.1) is 24.4 Å². The third-order valence-corrected chi connectivity index (χ3v) is 7.10. The molecule has 3 aromatic carbocycles. The molecule has 41 heavy (non-hydrogen) atoms. The van der Waals surface area contributed by atoms with Crippen molar-refractivity contribution in [1.82, 2.24) is 5.32 Å². The van der Waals surface area contributed by atoms with E-state index in [0.29, 0.717) is 11.3 Å². The molecular formula is C32H30N2O7. The van der Waals surface area contributed by atoms with Crippen molar-refractivity contribution in [1.29, 1.82) is 0 Å². The quantitative estimate of drug-likeness (QED) is 0.161. The predicted molar refractivity (Wildman–Crippen MR) is 153 cm³/mol. The van der Waals surface area contributed by atoms with Crippen LogP contribution < -0.4 is 10.2 Å². The summed E-state index contributed by atoms with van der Waals surface area (Å²) in [6, 6.07) is 18.8. The number of fused-ring (bicyclic) bond motifs is 4. The fourth-order valence-electron chi connectivity index (χ4n) is 5.42. The molecule has 2 aliphatic rings. The summed E-state index contributed by atoms with van der Waals surface area (Å²) in [4.78, 5) is 39.9. The smallest absolute Gasteiger partial charge is 0.414 e. The topological polar surface area (TPSA) is 114 Å². The van der Waals surface area contributed by atoms with Crippen molar-refractivity contribution < 1.29 is 33.7 Å². The van der Waals surface area contributed by atoms with E-state index >= 15 is 0 Å². The fraction of sp³-hybridized carbons (Fsp3) is 0.219. The van der Waals surface area contributed by atoms with Crippen LogP contribution in [0.2, 0.25) is 0 Å². The Labute approximate surface area is 237 Å². The highest BCUT2D eigenvalue weighted by Gasteiger charge is 2.43. The number of alkyl carbamates (subject to hydrolysis) is 1. The van der Waals surface area contributed by atoms with Crippen molar-refractivity contribution in [3.05, 3.63) is 108 Å². The first-order chi connectivity index (χ1) is 19.9. The molecule has 0 unspecified atom stereocenters. The molecule has 5 rings (SSSR count). The van der Waals surface area contributed by atoms with Gasteiger partial charge >= 0.3 is 18.2 Å². The molecule has 9 nitrogen and oxygen atoms in total. The third-order valence-electron chi connectivity index (χ3n) is 7.10. The Morgan fingerprint density at radius 3 is 2.29 bits per heavy atom. The zero-order valence-electron chi connectivity index (χ0n) is 22.5. The summed E-state index contributed by atoms with van der Waals surface area (Å²) < 4.78 is 16.1. The van der Waals surface area contributed by atoms with E-state index in [1.165, 1.54) is 35.3 Å². The molecule has 0 aromatic heterocycles. The minimum Gasteiger partial charge on any atom is -0.508 e. The van der Waals surface area contributed by atoms with Gasteiger partial charge in [-0.25, -0.2) is 14.4 Å². The zero-order chi connectivity index (χ0) is 28.9. The molecular weight excluding hydrogens is 524 g/mol. The molecule has 2 atom stereocenters. The van der Waals surface area contributed by atoms with Gasteiger partial charge in [0.2, 0.25) is 0 Å². The first-order valence-corrected chi connectivity index (χ1v) is 13.3. The van der Waals surface area contributed by atoms with Crippen molar-refractivity contribution >= 4 is 23.8 Å². The Morgan fingerprint density at radius 1 is 0.951 bits per heavy atom. The van der Waals surface area contributed by atoms with Crippen molar-refractivity contribution in [3.8, 4) is 16.9 Å². The minimum absolute atomic E-state index is 0.0229. The Bertz CT molecular complexity index is 1470. The van der Waals surface area contributed by atoms with Gasteiger partial charge in [-0.1, -0.05) is 67.3 Å². The molecule has 0 fully saturated rings. The van der Waals surface area contributed by atoms with Gasteiger partial charge in [-0.3, -0.25) is 4.90 Å². The maximum absolute atomic E-state index is 13.8. The average Bonchev–Trinajstić information content (AvgIpc) is 3.45. The molecule has 1 heterocycles. The molecule has 210 valence electrons. The summed E-state index contributed by atoms with van der Waals surface area (Å²) in [6.45, 7) is 5.45. The summed E-state index contributed by atoms with van der Waals surface area (Å²) in [7, 11) is 0. The molecule has 3 aromatic rings. The number of amides is 2. The second-order valence-corrected chi connectivity index (χ2v) is 9.53. The number of hydrogen-bond acceptors (Lipinski definition) is 7. The number of benzene rings is 3. The van der Waals surface area contributed by atoms with Crippen LogP contribution in [-0.2, 0) is 19.0 Å². The molecule has 0 saturated carbocycles. The van der Waals surface area contributed by atoms with Crippen LogP contribution in [-0.4, -0.2) is 49.1 Å². The largest absolute Gasteiger partial charge is 0.508 e. The number of nitrogens with zero attached hydrogens (tertiary/aromatic N) is 1. The lowest BCUT2D eigenvalue weighted by molar-refractivity contribution is -0.137. The first kappa shape index (κ1) is 27.5. The normalized spacial score (nSPS) is 17.0. The molecule has 0 bridgehead atoms. The summed E-state index contributed by atoms with van der Waals surface area (Å²) >= 11 is 0. The van der Waals surface area contributed by atoms with Gasteiger partial charge in [0.1, 0.15) is 19.0 Å². The van der Waals surface area contributed by atoms with E-state index < -0.39 is 30.2 Å². The Morgan fingerprint density at radius 2 is 1.63 bits per heavy atom. The maximum atomic E-state index is 13.8. The SMILES string of the molecule is C=CCOC(=O)N[C@H]1c2cc(O)ccc2N(C(=O)OCC2c3ccccc3-c3ccccc32)[C@@H]1C=CC(=O)OCC. The molecule has 0 saturated heterocycles. The van der Waals surface area contributed by atoms with Crippen LogP contribution in [0, 0.1) is 0 Å². The molecule has 9 heteroatoms. The number of hydrogen-bond donors (Lipinski definition) is 2. The molecule has 2 amide bonds. The lowest BCUT2D eigenvalue weighted by Gasteiger charge is -2.26. The molecule has 1 aliphatic heterocycles. The van der Waals surface area contributed by atoms with Gasteiger partial charge in [-0.15, -0.1) is 0 Å². The second kappa shape index (κ2) is 12.0. The average molecular weight is 555 g/mol. The van der Waals surface area contributed by atoms with Crippen LogP contribution >= 0.6 is 0 Å². The third kappa shape index (κ3) is 5.51. The van der Waals surface area contributed by atoms with E-state index in [1.807, 2.05) is 36.4 Å². The maximum Gasteiger partial charge on any atom is 0.414 e. The van der Waals surface area contributed by atoms with Gasteiger partial charge in [-0.2, -0.15) is 0 Å². The minimum atomic E-state index is -0.886. The van der Waals surface area contributed by atoms with E-state index in [2.05, 4.69) is 24.0 Å². The zero-order valence-corrected chi connectivity index (χ0v) is 22.5. The fourth-order valence-corrected chi connectivity index (χ4v) is 5.42. The molecule has 0 spiro atoms. The highest BCUT2D eigenvalue weighted by atomic mass is 16.6. The van der Waals surface area contributed by atoms with Gasteiger partial charge in [0.25, 0.3) is 0 Å². The van der Waals surface area contributed by atoms with Crippen LogP contribution in [0.15, 0.2) is 91.5 Å². The van der Waals surface area contributed by atoms with E-state index in [4.69, 9.17) is 14.2 Å². The Balaban J connectivity index is 1.46. The number of phenols is 1. The van der Waals surface area contributed by atoms with E-state index in [0.717, 1.165) is 22.3 Å². The Kier molecular flexibility index (Phi) is 8.05. The van der Waals surface area contributed by atoms with Gasteiger partial charge in [0, 0.05) is 17.6 Å². The lowest BCUT2D eigenvalue weighted by atomic mass is 9.98. The standard InChI is InChI=1S/C32H30N2O7/c1-3-17-40-31(37)33-30-25-18-20(35)13-14-27(25)34(28(30)15-16-29(36)39-4-2)32(38)41-19-26-23-11-7-5-9-21(23)22-10-6-8-12-24(22)26/h3,5-16,18,26,28,30,35H,1,4,17,19H2,2H3,(H,33,37)/t28-,30+/m1/s1. The van der Waals surface area contributed by atoms with Crippen LogP contribution in [0.4, 0.5) is 15.3 Å². The number of carbonyl (C=O) groups excluding carboxylic acids is 3. The van der Waals surface area contributed by atoms with E-state index in [1.54, 1.807) is 13.0 Å². The van der Waals surface area contributed by atoms with Crippen molar-refractivity contribution in [3.63, 3.8) is 0 Å². The number of ether oxygens (including phenoxy) is 3. The second-order valence-electron chi connectivity index (χ2n) is 9.53. The Hall–Kier alpha value is -5.05. The van der Waals surface area contributed by atoms with E-state index in [-0.39, 0.29) is 31.5 Å². The highest BCUT2D eigenvalue weighted by Crippen LogP contribution is 2.46. The molecule has 0 radical (unpaired) electrons. The predicted octanol–water partition coefficient (Wildman–Crippen LogP) is 5.60. The summed E-state index contributed by atoms with van der Waals surface area (Å²) in [5, 5.41) is 13.0. The summed E-state index contributed by atoms with van der Waals surface area (Å²) in [5.74, 6) is -0.825. The summed E-state index contributed by atoms with van der Waals surface area (Å²) in [6.07, 6.45) is 2.66. The number of rotatable bonds is 8.